The third-order valence-electron chi connectivity index (χ3n) is 4.61. The highest BCUT2D eigenvalue weighted by molar-refractivity contribution is 7.87. The first-order valence-corrected chi connectivity index (χ1v) is 9.87. The van der Waals surface area contributed by atoms with E-state index in [-0.39, 0.29) is 6.04 Å². The Morgan fingerprint density at radius 3 is 2.48 bits per heavy atom. The molecule has 0 aromatic carbocycles. The van der Waals surface area contributed by atoms with E-state index in [0.717, 1.165) is 38.6 Å². The third kappa shape index (κ3) is 5.20. The van der Waals surface area contributed by atoms with Crippen LogP contribution in [0.2, 0.25) is 0 Å². The van der Waals surface area contributed by atoms with E-state index in [9.17, 15) is 8.42 Å². The molecule has 1 saturated heterocycles. The summed E-state index contributed by atoms with van der Waals surface area (Å²) >= 11 is 0. The Morgan fingerprint density at radius 1 is 1.24 bits per heavy atom. The van der Waals surface area contributed by atoms with E-state index < -0.39 is 10.2 Å². The molecule has 2 atom stereocenters. The Balaban J connectivity index is 1.73. The molecule has 0 aromatic heterocycles. The molecule has 1 saturated carbocycles. The summed E-state index contributed by atoms with van der Waals surface area (Å²) in [5.74, 6) is 1.17. The minimum absolute atomic E-state index is 0.190. The Bertz CT molecular complexity index is 417. The van der Waals surface area contributed by atoms with E-state index in [2.05, 4.69) is 30.8 Å². The smallest absolute Gasteiger partial charge is 0.279 e. The van der Waals surface area contributed by atoms with Gasteiger partial charge in [0.25, 0.3) is 10.2 Å². The van der Waals surface area contributed by atoms with Gasteiger partial charge in [-0.05, 0) is 44.1 Å². The van der Waals surface area contributed by atoms with Crippen LogP contribution in [-0.4, -0.2) is 44.4 Å². The van der Waals surface area contributed by atoms with Crippen LogP contribution in [0.25, 0.3) is 0 Å². The van der Waals surface area contributed by atoms with Crippen LogP contribution in [0.4, 0.5) is 0 Å². The van der Waals surface area contributed by atoms with Crippen LogP contribution in [0.15, 0.2) is 0 Å². The lowest BCUT2D eigenvalue weighted by molar-refractivity contribution is 0.261. The summed E-state index contributed by atoms with van der Waals surface area (Å²) in [6.07, 6.45) is 5.21. The van der Waals surface area contributed by atoms with Gasteiger partial charge in [-0.15, -0.1) is 0 Å². The molecule has 5 nitrogen and oxygen atoms in total. The third-order valence-corrected chi connectivity index (χ3v) is 6.26. The zero-order valence-electron chi connectivity index (χ0n) is 13.6. The van der Waals surface area contributed by atoms with Crippen LogP contribution in [-0.2, 0) is 10.2 Å². The maximum Gasteiger partial charge on any atom is 0.279 e. The Hall–Kier alpha value is -0.170. The normalized spacial score (nSPS) is 28.2. The molecule has 2 unspecified atom stereocenters. The summed E-state index contributed by atoms with van der Waals surface area (Å²) in [5, 5.41) is 3.45. The second-order valence-electron chi connectivity index (χ2n) is 6.92. The fourth-order valence-corrected chi connectivity index (χ4v) is 4.62. The van der Waals surface area contributed by atoms with Crippen molar-refractivity contribution in [2.24, 2.45) is 11.8 Å². The molecule has 124 valence electrons. The van der Waals surface area contributed by atoms with Gasteiger partial charge in [-0.3, -0.25) is 0 Å². The molecule has 0 spiro atoms. The molecule has 2 fully saturated rings. The average molecular weight is 317 g/mol. The van der Waals surface area contributed by atoms with Crippen molar-refractivity contribution in [3.63, 3.8) is 0 Å². The van der Waals surface area contributed by atoms with E-state index in [4.69, 9.17) is 0 Å². The van der Waals surface area contributed by atoms with E-state index >= 15 is 0 Å². The molecule has 2 N–H and O–H groups in total. The highest BCUT2D eigenvalue weighted by Gasteiger charge is 2.40. The molecule has 2 aliphatic rings. The van der Waals surface area contributed by atoms with Gasteiger partial charge < -0.3 is 5.32 Å². The average Bonchev–Trinajstić information content (AvgIpc) is 3.14. The molecule has 0 bridgehead atoms. The van der Waals surface area contributed by atoms with Crippen molar-refractivity contribution in [1.29, 1.82) is 0 Å². The van der Waals surface area contributed by atoms with Crippen molar-refractivity contribution >= 4 is 10.2 Å². The maximum atomic E-state index is 12.4. The molecule has 2 rings (SSSR count). The second-order valence-corrected chi connectivity index (χ2v) is 8.62. The quantitative estimate of drug-likeness (QED) is 0.716. The van der Waals surface area contributed by atoms with Gasteiger partial charge in [0, 0.05) is 25.2 Å². The van der Waals surface area contributed by atoms with Crippen LogP contribution in [0.3, 0.4) is 0 Å². The first-order chi connectivity index (χ1) is 9.92. The molecule has 1 heterocycles. The summed E-state index contributed by atoms with van der Waals surface area (Å²) in [6, 6.07) is 0.689. The fourth-order valence-electron chi connectivity index (χ4n) is 3.10. The van der Waals surface area contributed by atoms with Crippen molar-refractivity contribution in [2.75, 3.05) is 19.6 Å². The van der Waals surface area contributed by atoms with Crippen LogP contribution in [0.5, 0.6) is 0 Å². The SMILES string of the molecule is CCCC1CC1NS(=O)(=O)N1CCC(CNC(C)C)CC1. The first-order valence-electron chi connectivity index (χ1n) is 8.43. The van der Waals surface area contributed by atoms with Gasteiger partial charge in [0.05, 0.1) is 0 Å². The van der Waals surface area contributed by atoms with Crippen molar-refractivity contribution < 1.29 is 8.42 Å². The summed E-state index contributed by atoms with van der Waals surface area (Å²) < 4.78 is 29.2. The monoisotopic (exact) mass is 317 g/mol. The van der Waals surface area contributed by atoms with Gasteiger partial charge in [-0.25, -0.2) is 0 Å². The van der Waals surface area contributed by atoms with Gasteiger partial charge in [0.15, 0.2) is 0 Å². The van der Waals surface area contributed by atoms with Crippen molar-refractivity contribution in [2.45, 2.75) is 65.0 Å². The van der Waals surface area contributed by atoms with Gasteiger partial charge in [-0.2, -0.15) is 17.4 Å². The molecule has 0 amide bonds. The molecule has 21 heavy (non-hydrogen) atoms. The lowest BCUT2D eigenvalue weighted by Gasteiger charge is -2.31. The number of nitrogens with one attached hydrogen (secondary N) is 2. The maximum absolute atomic E-state index is 12.4. The Morgan fingerprint density at radius 2 is 1.90 bits per heavy atom. The van der Waals surface area contributed by atoms with Crippen LogP contribution in [0.1, 0.15) is 52.9 Å². The highest BCUT2D eigenvalue weighted by Crippen LogP contribution is 2.35. The van der Waals surface area contributed by atoms with Gasteiger partial charge in [0.1, 0.15) is 0 Å². The standard InChI is InChI=1S/C15H31N3O2S/c1-4-5-14-10-15(14)17-21(19,20)18-8-6-13(7-9-18)11-16-12(2)3/h12-17H,4-11H2,1-3H3. The van der Waals surface area contributed by atoms with Gasteiger partial charge in [-0.1, -0.05) is 27.2 Å². The second kappa shape index (κ2) is 7.40. The highest BCUT2D eigenvalue weighted by atomic mass is 32.2. The minimum Gasteiger partial charge on any atom is -0.314 e. The number of hydrogen-bond acceptors (Lipinski definition) is 3. The molecular weight excluding hydrogens is 286 g/mol. The van der Waals surface area contributed by atoms with Crippen LogP contribution in [0, 0.1) is 11.8 Å². The summed E-state index contributed by atoms with van der Waals surface area (Å²) in [7, 11) is -3.26. The van der Waals surface area contributed by atoms with Crippen LogP contribution >= 0.6 is 0 Å². The number of rotatable bonds is 8. The van der Waals surface area contributed by atoms with Crippen LogP contribution < -0.4 is 10.0 Å². The van der Waals surface area contributed by atoms with Gasteiger partial charge in [0.2, 0.25) is 0 Å². The summed E-state index contributed by atoms with van der Waals surface area (Å²) in [5.41, 5.74) is 0. The molecule has 0 radical (unpaired) electrons. The van der Waals surface area contributed by atoms with E-state index in [1.807, 2.05) is 0 Å². The molecular formula is C15H31N3O2S. The molecule has 1 aliphatic heterocycles. The molecule has 1 aliphatic carbocycles. The minimum atomic E-state index is -3.26. The zero-order valence-corrected chi connectivity index (χ0v) is 14.5. The predicted octanol–water partition coefficient (Wildman–Crippen LogP) is 1.72. The Kier molecular flexibility index (Phi) is 6.05. The summed E-state index contributed by atoms with van der Waals surface area (Å²) in [6.45, 7) is 8.76. The van der Waals surface area contributed by atoms with Crippen molar-refractivity contribution in [3.05, 3.63) is 0 Å². The van der Waals surface area contributed by atoms with Crippen molar-refractivity contribution in [1.82, 2.24) is 14.3 Å². The predicted molar refractivity (Wildman–Crippen MR) is 86.3 cm³/mol. The lowest BCUT2D eigenvalue weighted by Crippen LogP contribution is -2.47. The molecule has 0 aromatic rings. The number of hydrogen-bond donors (Lipinski definition) is 2. The summed E-state index contributed by atoms with van der Waals surface area (Å²) in [4.78, 5) is 0. The lowest BCUT2D eigenvalue weighted by atomic mass is 9.98. The van der Waals surface area contributed by atoms with E-state index in [1.54, 1.807) is 4.31 Å². The van der Waals surface area contributed by atoms with Crippen molar-refractivity contribution in [3.8, 4) is 0 Å². The van der Waals surface area contributed by atoms with Gasteiger partial charge >= 0.3 is 0 Å². The largest absolute Gasteiger partial charge is 0.314 e. The van der Waals surface area contributed by atoms with E-state index in [1.165, 1.54) is 0 Å². The number of piperidine rings is 1. The zero-order chi connectivity index (χ0) is 15.5. The number of nitrogens with zero attached hydrogens (tertiary/aromatic N) is 1. The molecule has 6 heteroatoms. The first kappa shape index (κ1) is 17.2. The Labute approximate surface area is 130 Å². The fraction of sp³-hybridized carbons (Fsp3) is 1.00. The van der Waals surface area contributed by atoms with E-state index in [0.29, 0.717) is 31.0 Å². The topological polar surface area (TPSA) is 61.4 Å².